The molecule has 0 radical (unpaired) electrons. The quantitative estimate of drug-likeness (QED) is 0.505. The molecule has 29 heavy (non-hydrogen) atoms. The number of hydrogen-bond donors (Lipinski definition) is 2. The molecule has 0 saturated carbocycles. The molecule has 0 bridgehead atoms. The smallest absolute Gasteiger partial charge is 0.307 e. The van der Waals surface area contributed by atoms with Crippen LogP contribution in [0.4, 0.5) is 16.2 Å². The van der Waals surface area contributed by atoms with Crippen LogP contribution < -0.4 is 10.6 Å². The number of imide groups is 1. The Morgan fingerprint density at radius 2 is 1.93 bits per heavy atom. The Kier molecular flexibility index (Phi) is 5.63. The van der Waals surface area contributed by atoms with Crippen molar-refractivity contribution in [2.24, 2.45) is 0 Å². The summed E-state index contributed by atoms with van der Waals surface area (Å²) in [4.78, 5) is 38.6. The highest BCUT2D eigenvalue weighted by Gasteiger charge is 2.13. The Labute approximate surface area is 165 Å². The fraction of sp³-hybridized carbons (Fsp3) is 0.158. The first kappa shape index (κ1) is 19.7. The van der Waals surface area contributed by atoms with Crippen molar-refractivity contribution in [2.75, 3.05) is 5.32 Å². The number of nitro groups is 1. The van der Waals surface area contributed by atoms with Crippen LogP contribution in [0.1, 0.15) is 11.1 Å². The van der Waals surface area contributed by atoms with Crippen molar-refractivity contribution in [3.05, 3.63) is 70.0 Å². The van der Waals surface area contributed by atoms with Gasteiger partial charge in [0.15, 0.2) is 5.82 Å². The summed E-state index contributed by atoms with van der Waals surface area (Å²) >= 11 is 0. The van der Waals surface area contributed by atoms with E-state index < -0.39 is 16.9 Å². The number of rotatable bonds is 5. The van der Waals surface area contributed by atoms with Crippen molar-refractivity contribution in [3.8, 4) is 11.4 Å². The highest BCUT2D eigenvalue weighted by molar-refractivity contribution is 6.01. The molecule has 1 aromatic heterocycles. The number of nitrogens with zero attached hydrogens (tertiary/aromatic N) is 4. The number of non-ortho nitro benzene ring substituents is 1. The largest absolute Gasteiger partial charge is 0.325 e. The van der Waals surface area contributed by atoms with E-state index in [1.807, 2.05) is 26.0 Å². The molecule has 0 spiro atoms. The number of aromatic nitrogens is 3. The number of benzene rings is 2. The van der Waals surface area contributed by atoms with Crippen LogP contribution in [0, 0.1) is 24.0 Å². The molecule has 10 nitrogen and oxygen atoms in total. The lowest BCUT2D eigenvalue weighted by atomic mass is 10.1. The molecular formula is C19H18N6O4. The lowest BCUT2D eigenvalue weighted by Gasteiger charge is -2.10. The Morgan fingerprint density at radius 3 is 2.69 bits per heavy atom. The van der Waals surface area contributed by atoms with E-state index >= 15 is 0 Å². The van der Waals surface area contributed by atoms with Crippen molar-refractivity contribution in [1.82, 2.24) is 20.1 Å². The van der Waals surface area contributed by atoms with Crippen LogP contribution in [0.2, 0.25) is 0 Å². The van der Waals surface area contributed by atoms with Gasteiger partial charge in [0.25, 0.3) is 5.69 Å². The Hall–Kier alpha value is -4.08. The second kappa shape index (κ2) is 8.30. The molecule has 0 saturated heterocycles. The number of nitro benzene ring substituents is 1. The number of carbonyl (C=O) groups excluding carboxylic acids is 2. The maximum atomic E-state index is 12.1. The van der Waals surface area contributed by atoms with Crippen LogP contribution in [-0.2, 0) is 11.3 Å². The monoisotopic (exact) mass is 394 g/mol. The van der Waals surface area contributed by atoms with Gasteiger partial charge in [-0.3, -0.25) is 20.2 Å². The maximum absolute atomic E-state index is 12.1. The number of urea groups is 1. The summed E-state index contributed by atoms with van der Waals surface area (Å²) in [6.45, 7) is 3.56. The first-order valence-corrected chi connectivity index (χ1v) is 8.65. The third-order valence-electron chi connectivity index (χ3n) is 4.26. The highest BCUT2D eigenvalue weighted by atomic mass is 16.6. The number of carbonyl (C=O) groups is 2. The average Bonchev–Trinajstić information content (AvgIpc) is 3.13. The number of nitrogens with one attached hydrogen (secondary N) is 2. The zero-order chi connectivity index (χ0) is 21.0. The number of aryl methyl sites for hydroxylation is 1. The second-order valence-electron chi connectivity index (χ2n) is 6.32. The minimum Gasteiger partial charge on any atom is -0.307 e. The molecule has 0 atom stereocenters. The molecule has 0 aliphatic carbocycles. The SMILES string of the molecule is Cc1cccc(NC(=O)NC(=O)Cn2cnc(-c3cccc([N+](=O)[O-])c3)n2)c1C. The number of amides is 3. The van der Waals surface area contributed by atoms with Gasteiger partial charge in [0, 0.05) is 23.4 Å². The minimum absolute atomic E-state index is 0.0836. The van der Waals surface area contributed by atoms with Gasteiger partial charge in [0.2, 0.25) is 5.91 Å². The standard InChI is InChI=1S/C19H18N6O4/c1-12-5-3-8-16(13(12)2)21-19(27)22-17(26)10-24-11-20-18(23-24)14-6-4-7-15(9-14)25(28)29/h3-9,11H,10H2,1-2H3,(H2,21,22,26,27). The van der Waals surface area contributed by atoms with E-state index in [1.165, 1.54) is 29.2 Å². The van der Waals surface area contributed by atoms with E-state index in [1.54, 1.807) is 12.1 Å². The van der Waals surface area contributed by atoms with Crippen LogP contribution in [-0.4, -0.2) is 31.6 Å². The van der Waals surface area contributed by atoms with E-state index in [-0.39, 0.29) is 18.1 Å². The molecule has 3 amide bonds. The average molecular weight is 394 g/mol. The zero-order valence-electron chi connectivity index (χ0n) is 15.7. The van der Waals surface area contributed by atoms with Gasteiger partial charge in [-0.05, 0) is 31.0 Å². The Balaban J connectivity index is 1.61. The van der Waals surface area contributed by atoms with Gasteiger partial charge in [-0.1, -0.05) is 24.3 Å². The molecule has 148 valence electrons. The number of hydrogen-bond acceptors (Lipinski definition) is 6. The van der Waals surface area contributed by atoms with E-state index in [9.17, 15) is 19.7 Å². The van der Waals surface area contributed by atoms with E-state index in [2.05, 4.69) is 20.7 Å². The predicted molar refractivity (Wildman–Crippen MR) is 105 cm³/mol. The third-order valence-corrected chi connectivity index (χ3v) is 4.26. The fourth-order valence-corrected chi connectivity index (χ4v) is 2.62. The van der Waals surface area contributed by atoms with Gasteiger partial charge in [-0.2, -0.15) is 5.10 Å². The van der Waals surface area contributed by atoms with Crippen LogP contribution in [0.15, 0.2) is 48.8 Å². The first-order chi connectivity index (χ1) is 13.8. The van der Waals surface area contributed by atoms with Crippen LogP contribution >= 0.6 is 0 Å². The molecule has 10 heteroatoms. The molecule has 2 aromatic carbocycles. The molecule has 0 unspecified atom stereocenters. The summed E-state index contributed by atoms with van der Waals surface area (Å²) < 4.78 is 1.24. The lowest BCUT2D eigenvalue weighted by Crippen LogP contribution is -2.36. The van der Waals surface area contributed by atoms with Crippen molar-refractivity contribution in [3.63, 3.8) is 0 Å². The van der Waals surface area contributed by atoms with E-state index in [0.717, 1.165) is 11.1 Å². The van der Waals surface area contributed by atoms with Gasteiger partial charge in [0.05, 0.1) is 4.92 Å². The molecule has 1 heterocycles. The summed E-state index contributed by atoms with van der Waals surface area (Å²) in [7, 11) is 0. The van der Waals surface area contributed by atoms with Crippen molar-refractivity contribution in [2.45, 2.75) is 20.4 Å². The second-order valence-corrected chi connectivity index (χ2v) is 6.32. The Morgan fingerprint density at radius 1 is 1.17 bits per heavy atom. The summed E-state index contributed by atoms with van der Waals surface area (Å²) in [5.41, 5.74) is 2.91. The molecule has 3 rings (SSSR count). The lowest BCUT2D eigenvalue weighted by molar-refractivity contribution is -0.384. The molecule has 3 aromatic rings. The first-order valence-electron chi connectivity index (χ1n) is 8.65. The molecule has 0 aliphatic rings. The van der Waals surface area contributed by atoms with Crippen molar-refractivity contribution >= 4 is 23.3 Å². The normalized spacial score (nSPS) is 10.4. The van der Waals surface area contributed by atoms with Crippen molar-refractivity contribution in [1.29, 1.82) is 0 Å². The molecule has 0 fully saturated rings. The van der Waals surface area contributed by atoms with Gasteiger partial charge >= 0.3 is 6.03 Å². The van der Waals surface area contributed by atoms with Crippen molar-refractivity contribution < 1.29 is 14.5 Å². The fourth-order valence-electron chi connectivity index (χ4n) is 2.62. The third kappa shape index (κ3) is 4.80. The van der Waals surface area contributed by atoms with Crippen LogP contribution in [0.5, 0.6) is 0 Å². The highest BCUT2D eigenvalue weighted by Crippen LogP contribution is 2.20. The topological polar surface area (TPSA) is 132 Å². The van der Waals surface area contributed by atoms with Gasteiger partial charge in [-0.25, -0.2) is 14.5 Å². The summed E-state index contributed by atoms with van der Waals surface area (Å²) in [6.07, 6.45) is 1.32. The van der Waals surface area contributed by atoms with E-state index in [4.69, 9.17) is 0 Å². The predicted octanol–water partition coefficient (Wildman–Crippen LogP) is 2.82. The minimum atomic E-state index is -0.650. The Bertz CT molecular complexity index is 1090. The number of anilines is 1. The molecular weight excluding hydrogens is 376 g/mol. The maximum Gasteiger partial charge on any atom is 0.325 e. The summed E-state index contributed by atoms with van der Waals surface area (Å²) in [5.74, 6) is -0.343. The van der Waals surface area contributed by atoms with Gasteiger partial charge in [0.1, 0.15) is 12.9 Å². The summed E-state index contributed by atoms with van der Waals surface area (Å²) in [6, 6.07) is 10.7. The van der Waals surface area contributed by atoms with Gasteiger partial charge < -0.3 is 5.32 Å². The van der Waals surface area contributed by atoms with Gasteiger partial charge in [-0.15, -0.1) is 0 Å². The summed E-state index contributed by atoms with van der Waals surface area (Å²) in [5, 5.41) is 19.9. The zero-order valence-corrected chi connectivity index (χ0v) is 15.7. The van der Waals surface area contributed by atoms with Crippen LogP contribution in [0.25, 0.3) is 11.4 Å². The molecule has 0 aliphatic heterocycles. The van der Waals surface area contributed by atoms with Crippen LogP contribution in [0.3, 0.4) is 0 Å². The van der Waals surface area contributed by atoms with E-state index in [0.29, 0.717) is 11.3 Å². The molecule has 2 N–H and O–H groups in total.